The van der Waals surface area contributed by atoms with Crippen molar-refractivity contribution >= 4 is 40.3 Å². The molecule has 360 valence electrons. The number of benzene rings is 2. The topological polar surface area (TPSA) is 243 Å². The number of nitrogens with two attached hydrogens (primary N) is 1. The molecule has 1 fully saturated rings. The number of ether oxygens (including phenoxy) is 4. The molecule has 9 atom stereocenters. The highest BCUT2D eigenvalue weighted by atomic mass is 16.7. The minimum Gasteiger partial charge on any atom is -0.507 e. The molecule has 1 saturated heterocycles. The van der Waals surface area contributed by atoms with Crippen molar-refractivity contribution in [3.8, 4) is 34.8 Å². The van der Waals surface area contributed by atoms with Gasteiger partial charge in [0.1, 0.15) is 29.9 Å². The molecule has 17 nitrogen and oxygen atoms in total. The van der Waals surface area contributed by atoms with Gasteiger partial charge in [-0.3, -0.25) is 19.4 Å². The lowest BCUT2D eigenvalue weighted by molar-refractivity contribution is -0.906. The zero-order valence-electron chi connectivity index (χ0n) is 39.8. The molecule has 4 aliphatic heterocycles. The number of carbonyl (C=O) groups is 3. The van der Waals surface area contributed by atoms with Crippen LogP contribution in [0, 0.1) is 42.4 Å². The van der Waals surface area contributed by atoms with E-state index < -0.39 is 88.8 Å². The molecule has 6 rings (SSSR count). The zero-order chi connectivity index (χ0) is 48.8. The number of quaternary nitrogens is 1. The average molecular weight is 919 g/mol. The molecular weight excluding hydrogens is 851 g/mol. The number of amides is 1. The summed E-state index contributed by atoms with van der Waals surface area (Å²) < 4.78 is 24.8. The Bertz CT molecular complexity index is 2340. The number of allylic oxidation sites excluding steroid dienone is 2. The summed E-state index contributed by atoms with van der Waals surface area (Å²) in [6.07, 6.45) is 5.32. The number of carbonyl (C=O) groups excluding carboxylic acids is 3. The summed E-state index contributed by atoms with van der Waals surface area (Å²) in [6, 6.07) is 0. The monoisotopic (exact) mass is 918 g/mol. The smallest absolute Gasteiger partial charge is 0.316 e. The normalized spacial score (nSPS) is 30.2. The number of nitrogens with zero attached hydrogens (tertiary/aromatic N) is 3. The van der Waals surface area contributed by atoms with Crippen molar-refractivity contribution in [1.29, 1.82) is 0 Å². The predicted molar refractivity (Wildman–Crippen MR) is 250 cm³/mol. The molecule has 0 aliphatic carbocycles. The van der Waals surface area contributed by atoms with E-state index in [9.17, 15) is 39.9 Å². The lowest BCUT2D eigenvalue weighted by atomic mass is 9.78. The fourth-order valence-electron chi connectivity index (χ4n) is 8.92. The Kier molecular flexibility index (Phi) is 16.6. The molecule has 1 amide bonds. The number of esters is 1. The molecule has 17 heteroatoms. The van der Waals surface area contributed by atoms with Crippen LogP contribution in [0.3, 0.4) is 0 Å². The quantitative estimate of drug-likeness (QED) is 0.0502. The van der Waals surface area contributed by atoms with Crippen molar-refractivity contribution in [2.45, 2.75) is 98.4 Å². The first-order valence-corrected chi connectivity index (χ1v) is 22.5. The van der Waals surface area contributed by atoms with Crippen LogP contribution in [0.25, 0.3) is 10.8 Å². The van der Waals surface area contributed by atoms with Crippen molar-refractivity contribution in [3.63, 3.8) is 0 Å². The Hall–Kier alpha value is -5.64. The second-order valence-electron chi connectivity index (χ2n) is 18.1. The number of aliphatic hydroxyl groups is 2. The van der Waals surface area contributed by atoms with Crippen LogP contribution in [0.2, 0.25) is 0 Å². The Labute approximate surface area is 387 Å². The molecule has 0 spiro atoms. The first-order valence-electron chi connectivity index (χ1n) is 22.5. The number of aliphatic hydroxyl groups excluding tert-OH is 2. The Morgan fingerprint density at radius 2 is 1.70 bits per heavy atom. The van der Waals surface area contributed by atoms with Gasteiger partial charge in [0.2, 0.25) is 0 Å². The van der Waals surface area contributed by atoms with E-state index in [1.807, 2.05) is 6.92 Å². The number of fused-ring (bicyclic) bond motifs is 14. The van der Waals surface area contributed by atoms with Gasteiger partial charge < -0.3 is 60.0 Å². The van der Waals surface area contributed by atoms with Gasteiger partial charge in [-0.15, -0.1) is 0 Å². The molecule has 66 heavy (non-hydrogen) atoms. The number of nitrogens with one attached hydrogen (secondary N) is 1. The van der Waals surface area contributed by atoms with E-state index in [0.29, 0.717) is 19.6 Å². The second-order valence-corrected chi connectivity index (χ2v) is 18.1. The van der Waals surface area contributed by atoms with Gasteiger partial charge in [-0.2, -0.15) is 5.10 Å². The van der Waals surface area contributed by atoms with E-state index in [4.69, 9.17) is 24.7 Å². The molecule has 0 radical (unpaired) electrons. The van der Waals surface area contributed by atoms with Gasteiger partial charge in [0.25, 0.3) is 11.7 Å². The molecule has 8 N–H and O–H groups in total. The molecule has 5 bridgehead atoms. The number of hydrazone groups is 1. The van der Waals surface area contributed by atoms with Gasteiger partial charge in [0, 0.05) is 73.6 Å². The van der Waals surface area contributed by atoms with E-state index in [-0.39, 0.29) is 57.4 Å². The van der Waals surface area contributed by atoms with Gasteiger partial charge in [-0.1, -0.05) is 58.8 Å². The molecule has 0 aromatic heterocycles. The van der Waals surface area contributed by atoms with Gasteiger partial charge in [0.05, 0.1) is 86.2 Å². The van der Waals surface area contributed by atoms with Crippen molar-refractivity contribution < 1.29 is 63.3 Å². The number of phenols is 3. The van der Waals surface area contributed by atoms with Gasteiger partial charge in [-0.25, -0.2) is 0 Å². The summed E-state index contributed by atoms with van der Waals surface area (Å²) in [6.45, 7) is 16.2. The highest BCUT2D eigenvalue weighted by Gasteiger charge is 2.53. The number of hydrogen-bond donors (Lipinski definition) is 7. The third-order valence-corrected chi connectivity index (χ3v) is 13.3. The van der Waals surface area contributed by atoms with Gasteiger partial charge in [0.15, 0.2) is 5.75 Å². The summed E-state index contributed by atoms with van der Waals surface area (Å²) in [5.74, 6) is -2.33. The number of hydrogen-bond acceptors (Lipinski definition) is 15. The number of likely N-dealkylation sites (N-methyl/N-ethyl adjacent to an activating group) is 1. The molecule has 4 aliphatic rings. The number of methoxy groups -OCH3 is 1. The maximum atomic E-state index is 14.9. The predicted octanol–water partition coefficient (Wildman–Crippen LogP) is 4.59. The number of phenolic OH excluding ortho intramolecular Hbond substituents is 3. The summed E-state index contributed by atoms with van der Waals surface area (Å²) in [4.78, 5) is 41.2. The van der Waals surface area contributed by atoms with Crippen molar-refractivity contribution in [2.24, 2.45) is 34.5 Å². The zero-order valence-corrected chi connectivity index (χ0v) is 39.8. The summed E-state index contributed by atoms with van der Waals surface area (Å²) in [5, 5.41) is 67.8. The van der Waals surface area contributed by atoms with Crippen LogP contribution in [0.4, 0.5) is 5.69 Å². The van der Waals surface area contributed by atoms with Crippen LogP contribution >= 0.6 is 0 Å². The van der Waals surface area contributed by atoms with E-state index in [0.717, 1.165) is 24.0 Å². The van der Waals surface area contributed by atoms with Crippen LogP contribution in [-0.4, -0.2) is 143 Å². The lowest BCUT2D eigenvalue weighted by Gasteiger charge is -2.39. The van der Waals surface area contributed by atoms with Gasteiger partial charge in [-0.05, 0) is 25.8 Å². The number of ketones is 1. The van der Waals surface area contributed by atoms with Gasteiger partial charge >= 0.3 is 11.8 Å². The van der Waals surface area contributed by atoms with Crippen LogP contribution in [0.15, 0.2) is 41.2 Å². The number of aromatic hydroxyl groups is 3. The van der Waals surface area contributed by atoms with E-state index in [2.05, 4.69) is 29.3 Å². The Morgan fingerprint density at radius 1 is 1.02 bits per heavy atom. The van der Waals surface area contributed by atoms with Crippen LogP contribution in [0.5, 0.6) is 23.0 Å². The van der Waals surface area contributed by atoms with Crippen LogP contribution in [-0.2, 0) is 23.8 Å². The molecule has 2 aromatic carbocycles. The Balaban J connectivity index is 1.71. The molecule has 0 unspecified atom stereocenters. The molecule has 2 aromatic rings. The first-order chi connectivity index (χ1) is 31.2. The second kappa shape index (κ2) is 21.3. The maximum absolute atomic E-state index is 14.9. The SMILES string of the molecule is CCC#CC[N+]1(C)CCN(/N=C/c2c3c(O)c4c(O)c(C)c5c(c4c2O)C(=O)[C@@](CCN)(O/C=C/[C@H](OC)[C@@H](C)[C@@H](OC(C)=O)[C@H](C)[C@H](O)[C@H](C)[C@@H](O)[C@@H](C)/C=C/C=C(/C)C(=O)N3)O5)CC1. The number of rotatable bonds is 7. The van der Waals surface area contributed by atoms with Crippen molar-refractivity contribution in [1.82, 2.24) is 5.01 Å². The average Bonchev–Trinajstić information content (AvgIpc) is 3.56. The first kappa shape index (κ1) is 51.3. The maximum Gasteiger partial charge on any atom is 0.316 e. The highest BCUT2D eigenvalue weighted by molar-refractivity contribution is 6.24. The standard InChI is InChI=1S/C49H67N5O12/c1-11-12-13-22-54(9)23-20-53(21-24-54)51-26-34-39-44(60)37-36(43(34)59)38-46(32(7)42(37)58)66-49(18-19-50,47(38)61)64-25-17-35(63-10)29(4)45(65-33(8)55)31(6)41(57)30(5)40(56)27(2)15-14-16-28(3)48(62)52-39/h14-17,25-27,29-31,35,40-41,45,56-57H,11,18-24,50H2,1-10H3,(H3-,51,52,58,59,60,61,62)/p+1/b15-14+,25-17+,28-16-/t27-,29+,30+,31+,35-,40-,41+,45+,49-/m0/s1. The highest BCUT2D eigenvalue weighted by Crippen LogP contribution is 2.55. The summed E-state index contributed by atoms with van der Waals surface area (Å²) >= 11 is 0. The minimum atomic E-state index is -2.13. The fourth-order valence-corrected chi connectivity index (χ4v) is 8.92. The minimum absolute atomic E-state index is 0.0290. The van der Waals surface area contributed by atoms with Crippen molar-refractivity contribution in [2.75, 3.05) is 58.7 Å². The Morgan fingerprint density at radius 3 is 2.32 bits per heavy atom. The molecule has 4 heterocycles. The largest absolute Gasteiger partial charge is 0.507 e. The van der Waals surface area contributed by atoms with Crippen LogP contribution < -0.4 is 15.8 Å². The molecule has 0 saturated carbocycles. The third-order valence-electron chi connectivity index (χ3n) is 13.3. The van der Waals surface area contributed by atoms with Crippen LogP contribution in [0.1, 0.15) is 82.8 Å². The van der Waals surface area contributed by atoms with E-state index >= 15 is 0 Å². The number of piperazine rings is 1. The number of Topliss-reactive ketones (excluding diaryl/α,β-unsaturated/α-hetero) is 1. The lowest BCUT2D eigenvalue weighted by Crippen LogP contribution is -2.56. The van der Waals surface area contributed by atoms with Crippen molar-refractivity contribution in [3.05, 3.63) is 52.8 Å². The molecular formula is C49H68N5O12+. The van der Waals surface area contributed by atoms with E-state index in [1.165, 1.54) is 52.5 Å². The van der Waals surface area contributed by atoms with E-state index in [1.54, 1.807) is 44.9 Å². The summed E-state index contributed by atoms with van der Waals surface area (Å²) in [5.41, 5.74) is 5.60. The fraction of sp³-hybridized carbons (Fsp3) is 0.551. The number of anilines is 1. The third kappa shape index (κ3) is 10.5. The summed E-state index contributed by atoms with van der Waals surface area (Å²) in [7, 11) is 3.56.